The zero-order valence-electron chi connectivity index (χ0n) is 13.9. The van der Waals surface area contributed by atoms with Crippen molar-refractivity contribution in [3.05, 3.63) is 29.8 Å². The van der Waals surface area contributed by atoms with E-state index in [0.29, 0.717) is 12.0 Å². The fourth-order valence-electron chi connectivity index (χ4n) is 4.52. The zero-order valence-corrected chi connectivity index (χ0v) is 13.9. The number of amides is 1. The summed E-state index contributed by atoms with van der Waals surface area (Å²) < 4.78 is 19.3. The van der Waals surface area contributed by atoms with Crippen LogP contribution in [0.3, 0.4) is 0 Å². The van der Waals surface area contributed by atoms with Crippen molar-refractivity contribution in [2.24, 2.45) is 5.92 Å². The van der Waals surface area contributed by atoms with E-state index in [4.69, 9.17) is 4.74 Å². The van der Waals surface area contributed by atoms with Crippen LogP contribution in [0.25, 0.3) is 0 Å². The zero-order chi connectivity index (χ0) is 16.5. The van der Waals surface area contributed by atoms with Crippen molar-refractivity contribution in [3.8, 4) is 0 Å². The molecule has 5 nitrogen and oxygen atoms in total. The molecule has 3 saturated heterocycles. The summed E-state index contributed by atoms with van der Waals surface area (Å²) in [6.07, 6.45) is 6.86. The number of nitrogens with zero attached hydrogens (tertiary/aromatic N) is 3. The second kappa shape index (κ2) is 6.76. The summed E-state index contributed by atoms with van der Waals surface area (Å²) in [6, 6.07) is 2.14. The maximum absolute atomic E-state index is 13.9. The second-order valence-electron chi connectivity index (χ2n) is 7.12. The molecular weight excluding hydrogens is 309 g/mol. The molecule has 24 heavy (non-hydrogen) atoms. The molecule has 0 N–H and O–H groups in total. The predicted molar refractivity (Wildman–Crippen MR) is 87.2 cm³/mol. The van der Waals surface area contributed by atoms with E-state index in [-0.39, 0.29) is 17.5 Å². The maximum Gasteiger partial charge on any atom is 0.257 e. The fourth-order valence-corrected chi connectivity index (χ4v) is 4.52. The van der Waals surface area contributed by atoms with Gasteiger partial charge in [0.15, 0.2) is 5.82 Å². The first kappa shape index (κ1) is 16.0. The molecule has 3 aliphatic heterocycles. The number of carbonyl (C=O) groups is 1. The minimum Gasteiger partial charge on any atom is -0.381 e. The third-order valence-corrected chi connectivity index (χ3v) is 5.79. The lowest BCUT2D eigenvalue weighted by molar-refractivity contribution is 0.0502. The van der Waals surface area contributed by atoms with E-state index in [1.807, 2.05) is 4.90 Å². The molecule has 0 spiro atoms. The third-order valence-electron chi connectivity index (χ3n) is 5.79. The average Bonchev–Trinajstić information content (AvgIpc) is 3.19. The van der Waals surface area contributed by atoms with Crippen LogP contribution in [0.15, 0.2) is 18.5 Å². The van der Waals surface area contributed by atoms with Gasteiger partial charge in [-0.15, -0.1) is 0 Å². The van der Waals surface area contributed by atoms with Gasteiger partial charge in [-0.3, -0.25) is 14.7 Å². The number of carbonyl (C=O) groups excluding carboxylic acids is 1. The molecule has 1 aromatic rings. The van der Waals surface area contributed by atoms with Gasteiger partial charge in [-0.05, 0) is 37.7 Å². The maximum atomic E-state index is 13.9. The number of hydrogen-bond acceptors (Lipinski definition) is 4. The van der Waals surface area contributed by atoms with Crippen LogP contribution in [0.1, 0.15) is 36.0 Å². The summed E-state index contributed by atoms with van der Waals surface area (Å²) >= 11 is 0. The van der Waals surface area contributed by atoms with E-state index in [1.165, 1.54) is 12.3 Å². The van der Waals surface area contributed by atoms with Gasteiger partial charge in [0.1, 0.15) is 0 Å². The lowest BCUT2D eigenvalue weighted by Crippen LogP contribution is -2.41. The Kier molecular flexibility index (Phi) is 4.50. The first-order valence-electron chi connectivity index (χ1n) is 8.96. The molecule has 6 heteroatoms. The minimum absolute atomic E-state index is 0.147. The molecule has 3 fully saturated rings. The number of fused-ring (bicyclic) bond motifs is 1. The van der Waals surface area contributed by atoms with Crippen molar-refractivity contribution in [2.75, 3.05) is 32.8 Å². The molecule has 0 unspecified atom stereocenters. The lowest BCUT2D eigenvalue weighted by atomic mass is 9.99. The minimum atomic E-state index is -0.525. The van der Waals surface area contributed by atoms with Crippen LogP contribution in [-0.2, 0) is 4.74 Å². The standard InChI is InChI=1S/C18H24FN3O2/c19-15-11-20-6-1-14(15)18(23)22-8-3-16-17(22)2-7-21(16)12-13-4-9-24-10-5-13/h1,6,11,13,16-17H,2-5,7-10,12H2/t16-,17+/m0/s1. The molecule has 4 heterocycles. The van der Waals surface area contributed by atoms with Crippen molar-refractivity contribution < 1.29 is 13.9 Å². The van der Waals surface area contributed by atoms with Crippen molar-refractivity contribution in [1.82, 2.24) is 14.8 Å². The number of ether oxygens (including phenoxy) is 1. The van der Waals surface area contributed by atoms with Gasteiger partial charge in [0.25, 0.3) is 5.91 Å². The number of rotatable bonds is 3. The fraction of sp³-hybridized carbons (Fsp3) is 0.667. The molecule has 3 aliphatic rings. The SMILES string of the molecule is O=C(c1ccncc1F)N1CC[C@H]2[C@H]1CCN2CC1CCOCC1. The number of halogens is 1. The molecular formula is C18H24FN3O2. The van der Waals surface area contributed by atoms with E-state index in [0.717, 1.165) is 64.7 Å². The van der Waals surface area contributed by atoms with E-state index in [9.17, 15) is 9.18 Å². The van der Waals surface area contributed by atoms with Crippen LogP contribution in [0.2, 0.25) is 0 Å². The molecule has 4 rings (SSSR count). The summed E-state index contributed by atoms with van der Waals surface area (Å²) in [5, 5.41) is 0. The van der Waals surface area contributed by atoms with Crippen molar-refractivity contribution >= 4 is 5.91 Å². The highest BCUT2D eigenvalue weighted by Crippen LogP contribution is 2.34. The Morgan fingerprint density at radius 2 is 2.00 bits per heavy atom. The number of pyridine rings is 1. The van der Waals surface area contributed by atoms with Crippen molar-refractivity contribution in [3.63, 3.8) is 0 Å². The van der Waals surface area contributed by atoms with E-state index >= 15 is 0 Å². The Bertz CT molecular complexity index is 606. The molecule has 2 atom stereocenters. The van der Waals surface area contributed by atoms with Crippen LogP contribution in [-0.4, -0.2) is 65.6 Å². The average molecular weight is 333 g/mol. The molecule has 0 radical (unpaired) electrons. The number of hydrogen-bond donors (Lipinski definition) is 0. The first-order valence-corrected chi connectivity index (χ1v) is 8.96. The quantitative estimate of drug-likeness (QED) is 0.848. The molecule has 0 aliphatic carbocycles. The highest BCUT2D eigenvalue weighted by Gasteiger charge is 2.45. The van der Waals surface area contributed by atoms with Gasteiger partial charge in [0.05, 0.1) is 11.8 Å². The first-order chi connectivity index (χ1) is 11.7. The van der Waals surface area contributed by atoms with Gasteiger partial charge in [-0.1, -0.05) is 0 Å². The Balaban J connectivity index is 1.42. The van der Waals surface area contributed by atoms with Crippen LogP contribution in [0.4, 0.5) is 4.39 Å². The molecule has 0 saturated carbocycles. The van der Waals surface area contributed by atoms with Gasteiger partial charge >= 0.3 is 0 Å². The van der Waals surface area contributed by atoms with Crippen LogP contribution in [0, 0.1) is 11.7 Å². The summed E-state index contributed by atoms with van der Waals surface area (Å²) in [5.74, 6) is -0.00165. The molecule has 1 aromatic heterocycles. The number of likely N-dealkylation sites (tertiary alicyclic amines) is 2. The van der Waals surface area contributed by atoms with Crippen LogP contribution in [0.5, 0.6) is 0 Å². The summed E-state index contributed by atoms with van der Waals surface area (Å²) in [4.78, 5) is 20.9. The van der Waals surface area contributed by atoms with Gasteiger partial charge < -0.3 is 9.64 Å². The van der Waals surface area contributed by atoms with Crippen LogP contribution < -0.4 is 0 Å². The Labute approximate surface area is 141 Å². The Hall–Kier alpha value is -1.53. The molecule has 0 aromatic carbocycles. The van der Waals surface area contributed by atoms with E-state index < -0.39 is 5.82 Å². The van der Waals surface area contributed by atoms with Gasteiger partial charge in [0.2, 0.25) is 0 Å². The summed E-state index contributed by atoms with van der Waals surface area (Å²) in [6.45, 7) is 4.61. The molecule has 130 valence electrons. The summed E-state index contributed by atoms with van der Waals surface area (Å²) in [7, 11) is 0. The molecule has 0 bridgehead atoms. The normalized spacial score (nSPS) is 28.3. The van der Waals surface area contributed by atoms with Gasteiger partial charge in [-0.25, -0.2) is 4.39 Å². The monoisotopic (exact) mass is 333 g/mol. The summed E-state index contributed by atoms with van der Waals surface area (Å²) in [5.41, 5.74) is 0.147. The highest BCUT2D eigenvalue weighted by atomic mass is 19.1. The predicted octanol–water partition coefficient (Wildman–Crippen LogP) is 1.94. The Morgan fingerprint density at radius 1 is 1.21 bits per heavy atom. The van der Waals surface area contributed by atoms with Gasteiger partial charge in [0, 0.05) is 51.1 Å². The largest absolute Gasteiger partial charge is 0.381 e. The Morgan fingerprint density at radius 3 is 2.79 bits per heavy atom. The second-order valence-corrected chi connectivity index (χ2v) is 7.12. The smallest absolute Gasteiger partial charge is 0.257 e. The van der Waals surface area contributed by atoms with E-state index in [2.05, 4.69) is 9.88 Å². The topological polar surface area (TPSA) is 45.7 Å². The highest BCUT2D eigenvalue weighted by molar-refractivity contribution is 5.94. The third kappa shape index (κ3) is 2.93. The van der Waals surface area contributed by atoms with E-state index in [1.54, 1.807) is 0 Å². The van der Waals surface area contributed by atoms with Gasteiger partial charge in [-0.2, -0.15) is 0 Å². The molecule has 1 amide bonds. The lowest BCUT2D eigenvalue weighted by Gasteiger charge is -2.30. The van der Waals surface area contributed by atoms with Crippen LogP contribution >= 0.6 is 0 Å². The van der Waals surface area contributed by atoms with Crippen molar-refractivity contribution in [1.29, 1.82) is 0 Å². The number of aromatic nitrogens is 1. The van der Waals surface area contributed by atoms with Crippen molar-refractivity contribution in [2.45, 2.75) is 37.8 Å².